The average molecular weight is 320 g/mol. The Bertz CT molecular complexity index is 817. The molecule has 1 aliphatic rings. The monoisotopic (exact) mass is 320 g/mol. The van der Waals surface area contributed by atoms with Gasteiger partial charge in [-0.1, -0.05) is 13.3 Å². The minimum absolute atomic E-state index is 0.247. The van der Waals surface area contributed by atoms with Gasteiger partial charge >= 0.3 is 5.69 Å². The summed E-state index contributed by atoms with van der Waals surface area (Å²) in [7, 11) is 3.44. The van der Waals surface area contributed by atoms with Gasteiger partial charge in [0.25, 0.3) is 5.56 Å². The van der Waals surface area contributed by atoms with E-state index in [1.54, 1.807) is 25.0 Å². The molecule has 1 saturated heterocycles. The molecule has 1 fully saturated rings. The van der Waals surface area contributed by atoms with Crippen molar-refractivity contribution < 1.29 is 4.74 Å². The Hall–Kier alpha value is -1.89. The Kier molecular flexibility index (Phi) is 4.39. The first-order valence-corrected chi connectivity index (χ1v) is 8.23. The molecule has 0 radical (unpaired) electrons. The number of fused-ring (bicyclic) bond motifs is 1. The van der Waals surface area contributed by atoms with Crippen LogP contribution in [0.4, 0.5) is 0 Å². The van der Waals surface area contributed by atoms with E-state index in [0.29, 0.717) is 29.5 Å². The summed E-state index contributed by atoms with van der Waals surface area (Å²) in [6, 6.07) is 0. The molecule has 0 saturated carbocycles. The van der Waals surface area contributed by atoms with Crippen molar-refractivity contribution in [1.29, 1.82) is 0 Å². The van der Waals surface area contributed by atoms with Crippen LogP contribution in [-0.4, -0.2) is 31.9 Å². The van der Waals surface area contributed by atoms with Crippen molar-refractivity contribution in [2.24, 2.45) is 25.9 Å². The molecule has 0 aromatic carbocycles. The largest absolute Gasteiger partial charge is 0.381 e. The zero-order chi connectivity index (χ0) is 16.6. The zero-order valence-electron chi connectivity index (χ0n) is 14.0. The third-order valence-electron chi connectivity index (χ3n) is 5.08. The van der Waals surface area contributed by atoms with E-state index in [1.165, 1.54) is 9.13 Å². The van der Waals surface area contributed by atoms with Crippen LogP contribution in [0.3, 0.4) is 0 Å². The van der Waals surface area contributed by atoms with E-state index < -0.39 is 0 Å². The standard InChI is InChI=1S/C16H24N4O3/c1-4-11-9-23-8-6-12(11)5-7-20-15(21)13-14(17-10-18(13)2)19(3)16(20)22/h10-12H,4-9H2,1-3H3. The number of hydrogen-bond acceptors (Lipinski definition) is 4. The topological polar surface area (TPSA) is 71.1 Å². The van der Waals surface area contributed by atoms with Crippen molar-refractivity contribution in [1.82, 2.24) is 18.7 Å². The summed E-state index contributed by atoms with van der Waals surface area (Å²) in [6.45, 7) is 4.18. The van der Waals surface area contributed by atoms with Gasteiger partial charge in [0.05, 0.1) is 6.33 Å². The lowest BCUT2D eigenvalue weighted by Gasteiger charge is -2.30. The van der Waals surface area contributed by atoms with Crippen LogP contribution in [0.1, 0.15) is 26.2 Å². The molecule has 0 spiro atoms. The lowest BCUT2D eigenvalue weighted by atomic mass is 9.84. The van der Waals surface area contributed by atoms with Crippen molar-refractivity contribution in [2.45, 2.75) is 32.7 Å². The van der Waals surface area contributed by atoms with E-state index >= 15 is 0 Å². The summed E-state index contributed by atoms with van der Waals surface area (Å²) < 4.78 is 10.0. The van der Waals surface area contributed by atoms with Crippen LogP contribution in [-0.2, 0) is 25.4 Å². The maximum atomic E-state index is 12.7. The van der Waals surface area contributed by atoms with Crippen LogP contribution >= 0.6 is 0 Å². The maximum absolute atomic E-state index is 12.7. The number of imidazole rings is 1. The predicted octanol–water partition coefficient (Wildman–Crippen LogP) is 0.886. The highest BCUT2D eigenvalue weighted by Gasteiger charge is 2.25. The van der Waals surface area contributed by atoms with Crippen molar-refractivity contribution in [3.05, 3.63) is 27.2 Å². The molecule has 23 heavy (non-hydrogen) atoms. The second-order valence-electron chi connectivity index (χ2n) is 6.41. The lowest BCUT2D eigenvalue weighted by Crippen LogP contribution is -2.40. The molecule has 2 aromatic heterocycles. The van der Waals surface area contributed by atoms with Gasteiger partial charge in [-0.25, -0.2) is 9.78 Å². The van der Waals surface area contributed by atoms with E-state index in [1.807, 2.05) is 0 Å². The number of aromatic nitrogens is 4. The van der Waals surface area contributed by atoms with Gasteiger partial charge in [0, 0.05) is 33.9 Å². The van der Waals surface area contributed by atoms with Gasteiger partial charge in [0.1, 0.15) is 0 Å². The molecule has 0 bridgehead atoms. The fraction of sp³-hybridized carbons (Fsp3) is 0.688. The minimum atomic E-state index is -0.290. The first-order valence-electron chi connectivity index (χ1n) is 8.23. The normalized spacial score (nSPS) is 21.9. The fourth-order valence-corrected chi connectivity index (χ4v) is 3.56. The number of rotatable bonds is 4. The molecule has 2 aromatic rings. The molecule has 126 valence electrons. The Morgan fingerprint density at radius 3 is 2.83 bits per heavy atom. The number of hydrogen-bond donors (Lipinski definition) is 0. The van der Waals surface area contributed by atoms with Gasteiger partial charge in [0.15, 0.2) is 11.2 Å². The first kappa shape index (κ1) is 16.0. The fourth-order valence-electron chi connectivity index (χ4n) is 3.56. The van der Waals surface area contributed by atoms with Crippen molar-refractivity contribution >= 4 is 11.2 Å². The van der Waals surface area contributed by atoms with E-state index in [0.717, 1.165) is 32.5 Å². The average Bonchev–Trinajstić information content (AvgIpc) is 2.95. The van der Waals surface area contributed by atoms with Crippen LogP contribution in [0.15, 0.2) is 15.9 Å². The van der Waals surface area contributed by atoms with Crippen LogP contribution in [0, 0.1) is 11.8 Å². The molecule has 7 heteroatoms. The van der Waals surface area contributed by atoms with Gasteiger partial charge in [-0.2, -0.15) is 0 Å². The second kappa shape index (κ2) is 6.31. The molecule has 3 heterocycles. The summed E-state index contributed by atoms with van der Waals surface area (Å²) >= 11 is 0. The maximum Gasteiger partial charge on any atom is 0.332 e. The molecule has 2 atom stereocenters. The molecule has 0 amide bonds. The summed E-state index contributed by atoms with van der Waals surface area (Å²) in [6.07, 6.45) is 4.47. The first-order chi connectivity index (χ1) is 11.0. The summed E-state index contributed by atoms with van der Waals surface area (Å²) in [4.78, 5) is 29.3. The molecule has 0 N–H and O–H groups in total. The molecule has 0 aliphatic carbocycles. The van der Waals surface area contributed by atoms with Crippen LogP contribution in [0.5, 0.6) is 0 Å². The Labute approximate surface area is 134 Å². The van der Waals surface area contributed by atoms with Crippen molar-refractivity contribution in [2.75, 3.05) is 13.2 Å². The summed E-state index contributed by atoms with van der Waals surface area (Å²) in [5.74, 6) is 1.02. The highest BCUT2D eigenvalue weighted by atomic mass is 16.5. The van der Waals surface area contributed by atoms with Gasteiger partial charge < -0.3 is 9.30 Å². The van der Waals surface area contributed by atoms with E-state index in [4.69, 9.17) is 4.74 Å². The quantitative estimate of drug-likeness (QED) is 0.839. The number of ether oxygens (including phenoxy) is 1. The summed E-state index contributed by atoms with van der Waals surface area (Å²) in [5, 5.41) is 0. The SMILES string of the molecule is CCC1COCCC1CCn1c(=O)c2c(ncn2C)n(C)c1=O. The lowest BCUT2D eigenvalue weighted by molar-refractivity contribution is 0.0111. The van der Waals surface area contributed by atoms with Crippen LogP contribution in [0.2, 0.25) is 0 Å². The Morgan fingerprint density at radius 1 is 1.30 bits per heavy atom. The number of aryl methyl sites for hydroxylation is 2. The number of nitrogens with zero attached hydrogens (tertiary/aromatic N) is 4. The third-order valence-corrected chi connectivity index (χ3v) is 5.08. The van der Waals surface area contributed by atoms with E-state index in [-0.39, 0.29) is 11.2 Å². The van der Waals surface area contributed by atoms with Gasteiger partial charge in [-0.15, -0.1) is 0 Å². The molecule has 7 nitrogen and oxygen atoms in total. The van der Waals surface area contributed by atoms with Gasteiger partial charge in [-0.05, 0) is 24.7 Å². The molecular formula is C16H24N4O3. The zero-order valence-corrected chi connectivity index (χ0v) is 14.0. The van der Waals surface area contributed by atoms with Crippen molar-refractivity contribution in [3.63, 3.8) is 0 Å². The molecular weight excluding hydrogens is 296 g/mol. The third kappa shape index (κ3) is 2.73. The van der Waals surface area contributed by atoms with Gasteiger partial charge in [0.2, 0.25) is 0 Å². The summed E-state index contributed by atoms with van der Waals surface area (Å²) in [5.41, 5.74) is 0.381. The van der Waals surface area contributed by atoms with E-state index in [2.05, 4.69) is 11.9 Å². The molecule has 2 unspecified atom stereocenters. The predicted molar refractivity (Wildman–Crippen MR) is 87.5 cm³/mol. The van der Waals surface area contributed by atoms with Gasteiger partial charge in [-0.3, -0.25) is 13.9 Å². The van der Waals surface area contributed by atoms with Crippen LogP contribution in [0.25, 0.3) is 11.2 Å². The highest BCUT2D eigenvalue weighted by Crippen LogP contribution is 2.27. The minimum Gasteiger partial charge on any atom is -0.381 e. The second-order valence-corrected chi connectivity index (χ2v) is 6.41. The smallest absolute Gasteiger partial charge is 0.332 e. The Balaban J connectivity index is 1.92. The van der Waals surface area contributed by atoms with Crippen LogP contribution < -0.4 is 11.2 Å². The Morgan fingerprint density at radius 2 is 2.09 bits per heavy atom. The van der Waals surface area contributed by atoms with E-state index in [9.17, 15) is 9.59 Å². The molecule has 3 rings (SSSR count). The highest BCUT2D eigenvalue weighted by molar-refractivity contribution is 5.69. The van der Waals surface area contributed by atoms with Crippen molar-refractivity contribution in [3.8, 4) is 0 Å². The molecule has 1 aliphatic heterocycles.